The normalized spacial score (nSPS) is 13.2. The molecule has 0 aliphatic heterocycles. The van der Waals surface area contributed by atoms with Gasteiger partial charge in [0.1, 0.15) is 0 Å². The lowest BCUT2D eigenvalue weighted by molar-refractivity contribution is 0.595. The van der Waals surface area contributed by atoms with Crippen LogP contribution in [0.4, 0.5) is 0 Å². The number of nitrogens with zero attached hydrogens (tertiary/aromatic N) is 2. The van der Waals surface area contributed by atoms with Gasteiger partial charge < -0.3 is 5.32 Å². The van der Waals surface area contributed by atoms with Gasteiger partial charge in [0.2, 0.25) is 0 Å². The minimum Gasteiger partial charge on any atom is -0.310 e. The van der Waals surface area contributed by atoms with Crippen molar-refractivity contribution in [2.75, 3.05) is 6.54 Å². The predicted octanol–water partition coefficient (Wildman–Crippen LogP) is 1.57. The summed E-state index contributed by atoms with van der Waals surface area (Å²) in [5, 5.41) is 7.56. The maximum Gasteiger partial charge on any atom is 0.0537 e. The molecule has 0 bridgehead atoms. The van der Waals surface area contributed by atoms with Crippen LogP contribution in [-0.2, 0) is 6.54 Å². The molecule has 0 aromatic carbocycles. The minimum absolute atomic E-state index is 0.412. The van der Waals surface area contributed by atoms with E-state index < -0.39 is 0 Å². The molecule has 68 valence electrons. The van der Waals surface area contributed by atoms with Crippen molar-refractivity contribution in [1.29, 1.82) is 0 Å². The number of hydrogen-bond acceptors (Lipinski definition) is 2. The SMILES string of the molecule is CCNC(C)c1cnn(CC)c1. The first-order valence-corrected chi connectivity index (χ1v) is 4.53. The summed E-state index contributed by atoms with van der Waals surface area (Å²) in [5.74, 6) is 0. The zero-order chi connectivity index (χ0) is 8.97. The van der Waals surface area contributed by atoms with Gasteiger partial charge in [0, 0.05) is 24.3 Å². The van der Waals surface area contributed by atoms with Crippen molar-refractivity contribution in [3.63, 3.8) is 0 Å². The highest BCUT2D eigenvalue weighted by molar-refractivity contribution is 5.08. The van der Waals surface area contributed by atoms with Gasteiger partial charge in [-0.05, 0) is 20.4 Å². The van der Waals surface area contributed by atoms with Crippen LogP contribution < -0.4 is 5.32 Å². The van der Waals surface area contributed by atoms with Crippen LogP contribution in [-0.4, -0.2) is 16.3 Å². The van der Waals surface area contributed by atoms with Crippen LogP contribution in [0.3, 0.4) is 0 Å². The van der Waals surface area contributed by atoms with Gasteiger partial charge in [-0.2, -0.15) is 5.10 Å². The molecule has 1 aromatic rings. The van der Waals surface area contributed by atoms with Crippen LogP contribution in [0.2, 0.25) is 0 Å². The highest BCUT2D eigenvalue weighted by Gasteiger charge is 2.04. The minimum atomic E-state index is 0.412. The molecule has 0 radical (unpaired) electrons. The van der Waals surface area contributed by atoms with Gasteiger partial charge in [-0.1, -0.05) is 6.92 Å². The summed E-state index contributed by atoms with van der Waals surface area (Å²) < 4.78 is 1.95. The summed E-state index contributed by atoms with van der Waals surface area (Å²) in [6.45, 7) is 8.30. The molecule has 1 atom stereocenters. The Labute approximate surface area is 73.8 Å². The smallest absolute Gasteiger partial charge is 0.0537 e. The zero-order valence-electron chi connectivity index (χ0n) is 8.04. The fraction of sp³-hybridized carbons (Fsp3) is 0.667. The lowest BCUT2D eigenvalue weighted by Gasteiger charge is -2.08. The molecule has 0 amide bonds. The molecule has 1 unspecified atom stereocenters. The summed E-state index contributed by atoms with van der Waals surface area (Å²) in [4.78, 5) is 0. The average Bonchev–Trinajstić information content (AvgIpc) is 2.52. The molecule has 0 aliphatic rings. The van der Waals surface area contributed by atoms with Crippen LogP contribution in [0.1, 0.15) is 32.4 Å². The van der Waals surface area contributed by atoms with E-state index in [4.69, 9.17) is 0 Å². The van der Waals surface area contributed by atoms with Gasteiger partial charge in [0.15, 0.2) is 0 Å². The number of hydrogen-bond donors (Lipinski definition) is 1. The van der Waals surface area contributed by atoms with E-state index in [1.807, 2.05) is 10.9 Å². The van der Waals surface area contributed by atoms with Crippen molar-refractivity contribution >= 4 is 0 Å². The van der Waals surface area contributed by atoms with Gasteiger partial charge in [-0.3, -0.25) is 4.68 Å². The number of nitrogens with one attached hydrogen (secondary N) is 1. The molecule has 1 aromatic heterocycles. The quantitative estimate of drug-likeness (QED) is 0.737. The van der Waals surface area contributed by atoms with Crippen molar-refractivity contribution in [2.45, 2.75) is 33.4 Å². The molecule has 0 saturated carbocycles. The fourth-order valence-corrected chi connectivity index (χ4v) is 1.20. The molecule has 1 N–H and O–H groups in total. The van der Waals surface area contributed by atoms with E-state index in [0.717, 1.165) is 13.1 Å². The lowest BCUT2D eigenvalue weighted by atomic mass is 10.2. The zero-order valence-corrected chi connectivity index (χ0v) is 8.04. The van der Waals surface area contributed by atoms with Gasteiger partial charge in [-0.25, -0.2) is 0 Å². The second kappa shape index (κ2) is 4.26. The molecule has 0 spiro atoms. The standard InChI is InChI=1S/C9H17N3/c1-4-10-8(3)9-6-11-12(5-2)7-9/h6-8,10H,4-5H2,1-3H3. The van der Waals surface area contributed by atoms with E-state index in [0.29, 0.717) is 6.04 Å². The third-order valence-corrected chi connectivity index (χ3v) is 1.99. The molecule has 0 aliphatic carbocycles. The average molecular weight is 167 g/mol. The Morgan fingerprint density at radius 1 is 1.58 bits per heavy atom. The first kappa shape index (κ1) is 9.26. The van der Waals surface area contributed by atoms with E-state index in [1.54, 1.807) is 0 Å². The van der Waals surface area contributed by atoms with Gasteiger partial charge in [-0.15, -0.1) is 0 Å². The highest BCUT2D eigenvalue weighted by Crippen LogP contribution is 2.09. The Bertz CT molecular complexity index is 229. The largest absolute Gasteiger partial charge is 0.310 e. The molecule has 0 saturated heterocycles. The highest BCUT2D eigenvalue weighted by atomic mass is 15.3. The molecule has 1 rings (SSSR count). The van der Waals surface area contributed by atoms with Crippen LogP contribution in [0.5, 0.6) is 0 Å². The van der Waals surface area contributed by atoms with Crippen LogP contribution >= 0.6 is 0 Å². The molecular weight excluding hydrogens is 150 g/mol. The van der Waals surface area contributed by atoms with Crippen LogP contribution in [0.25, 0.3) is 0 Å². The Morgan fingerprint density at radius 2 is 2.33 bits per heavy atom. The van der Waals surface area contributed by atoms with Crippen molar-refractivity contribution in [3.05, 3.63) is 18.0 Å². The summed E-state index contributed by atoms with van der Waals surface area (Å²) >= 11 is 0. The third kappa shape index (κ3) is 2.08. The van der Waals surface area contributed by atoms with E-state index in [9.17, 15) is 0 Å². The monoisotopic (exact) mass is 167 g/mol. The van der Waals surface area contributed by atoms with Gasteiger partial charge in [0.25, 0.3) is 0 Å². The number of rotatable bonds is 4. The summed E-state index contributed by atoms with van der Waals surface area (Å²) in [6, 6.07) is 0.412. The third-order valence-electron chi connectivity index (χ3n) is 1.99. The Kier molecular flexibility index (Phi) is 3.29. The van der Waals surface area contributed by atoms with E-state index in [-0.39, 0.29) is 0 Å². The van der Waals surface area contributed by atoms with Crippen molar-refractivity contribution in [2.24, 2.45) is 0 Å². The maximum atomic E-state index is 4.21. The first-order chi connectivity index (χ1) is 5.77. The lowest BCUT2D eigenvalue weighted by Crippen LogP contribution is -2.17. The molecule has 3 heteroatoms. The molecule has 0 fully saturated rings. The predicted molar refractivity (Wildman–Crippen MR) is 50.0 cm³/mol. The van der Waals surface area contributed by atoms with Crippen LogP contribution in [0, 0.1) is 0 Å². The maximum absolute atomic E-state index is 4.21. The van der Waals surface area contributed by atoms with Crippen molar-refractivity contribution < 1.29 is 0 Å². The van der Waals surface area contributed by atoms with Gasteiger partial charge in [0.05, 0.1) is 6.20 Å². The summed E-state index contributed by atoms with van der Waals surface area (Å²) in [7, 11) is 0. The Balaban J connectivity index is 2.61. The first-order valence-electron chi connectivity index (χ1n) is 4.53. The second-order valence-electron chi connectivity index (χ2n) is 2.91. The van der Waals surface area contributed by atoms with E-state index >= 15 is 0 Å². The fourth-order valence-electron chi connectivity index (χ4n) is 1.20. The molecule has 1 heterocycles. The van der Waals surface area contributed by atoms with Gasteiger partial charge >= 0.3 is 0 Å². The number of aryl methyl sites for hydroxylation is 1. The Morgan fingerprint density at radius 3 is 2.83 bits per heavy atom. The van der Waals surface area contributed by atoms with Crippen molar-refractivity contribution in [3.8, 4) is 0 Å². The topological polar surface area (TPSA) is 29.9 Å². The molecular formula is C9H17N3. The number of aromatic nitrogens is 2. The van der Waals surface area contributed by atoms with Crippen LogP contribution in [0.15, 0.2) is 12.4 Å². The summed E-state index contributed by atoms with van der Waals surface area (Å²) in [6.07, 6.45) is 4.02. The van der Waals surface area contributed by atoms with Crippen molar-refractivity contribution in [1.82, 2.24) is 15.1 Å². The van der Waals surface area contributed by atoms with E-state index in [2.05, 4.69) is 37.4 Å². The van der Waals surface area contributed by atoms with E-state index in [1.165, 1.54) is 5.56 Å². The molecule has 12 heavy (non-hydrogen) atoms. The molecule has 3 nitrogen and oxygen atoms in total. The summed E-state index contributed by atoms with van der Waals surface area (Å²) in [5.41, 5.74) is 1.26. The second-order valence-corrected chi connectivity index (χ2v) is 2.91. The Hall–Kier alpha value is -0.830.